The van der Waals surface area contributed by atoms with Crippen LogP contribution in [0.15, 0.2) is 54.6 Å². The van der Waals surface area contributed by atoms with Crippen LogP contribution in [0.4, 0.5) is 0 Å². The van der Waals surface area contributed by atoms with Crippen molar-refractivity contribution >= 4 is 53.2 Å². The number of aromatic hydroxyl groups is 1. The molecular weight excluding hydrogens is 784 g/mol. The molecule has 2 aromatic rings. The van der Waals surface area contributed by atoms with Crippen LogP contribution in [0, 0.1) is 5.41 Å². The summed E-state index contributed by atoms with van der Waals surface area (Å²) in [6, 6.07) is 5.16. The molecule has 328 valence electrons. The lowest BCUT2D eigenvalue weighted by atomic mass is 9.83. The van der Waals surface area contributed by atoms with E-state index in [1.54, 1.807) is 65.0 Å². The zero-order valence-electron chi connectivity index (χ0n) is 34.3. The van der Waals surface area contributed by atoms with E-state index in [9.17, 15) is 58.5 Å². The van der Waals surface area contributed by atoms with Gasteiger partial charge in [0, 0.05) is 25.7 Å². The Morgan fingerprint density at radius 2 is 0.967 bits per heavy atom. The molecule has 6 atom stereocenters. The second kappa shape index (κ2) is 23.9. The number of hydrogen-bond acceptors (Lipinski definition) is 11. The molecule has 0 aliphatic rings. The molecule has 19 nitrogen and oxygen atoms in total. The van der Waals surface area contributed by atoms with E-state index in [0.717, 1.165) is 0 Å². The Labute approximate surface area is 347 Å². The quantitative estimate of drug-likeness (QED) is 0.0649. The number of rotatable bonds is 25. The lowest BCUT2D eigenvalue weighted by molar-refractivity contribution is -0.142. The van der Waals surface area contributed by atoms with Gasteiger partial charge in [-0.2, -0.15) is 0 Å². The Hall–Kier alpha value is -6.37. The third-order valence-electron chi connectivity index (χ3n) is 9.19. The second-order valence-electron chi connectivity index (χ2n) is 15.2. The molecule has 2 aromatic carbocycles. The monoisotopic (exact) mass is 840 g/mol. The van der Waals surface area contributed by atoms with Crippen molar-refractivity contribution in [1.29, 1.82) is 0 Å². The third-order valence-corrected chi connectivity index (χ3v) is 9.19. The summed E-state index contributed by atoms with van der Waals surface area (Å²) in [6.07, 6.45) is -2.82. The summed E-state index contributed by atoms with van der Waals surface area (Å²) < 4.78 is 0. The Bertz CT molecular complexity index is 1830. The van der Waals surface area contributed by atoms with Gasteiger partial charge in [0.05, 0.1) is 24.9 Å². The number of carbonyl (C=O) groups excluding carboxylic acids is 6. The van der Waals surface area contributed by atoms with Gasteiger partial charge >= 0.3 is 17.9 Å². The number of phenols is 1. The van der Waals surface area contributed by atoms with Gasteiger partial charge in [0.1, 0.15) is 29.9 Å². The van der Waals surface area contributed by atoms with Gasteiger partial charge in [-0.25, -0.2) is 0 Å². The summed E-state index contributed by atoms with van der Waals surface area (Å²) in [6.45, 7) is 8.59. The fourth-order valence-corrected chi connectivity index (χ4v) is 6.06. The SMILES string of the molecule is CCN[C@@H](CCC(=O)O)C(=O)N[C@@H](CC(=O)O)C(=O)N[C@@H](Cc1ccccc1)C(=O)N[C@@H](Cc1ccc(O)cc1)C(=O)N[C@@H](CC(=O)O)C(=O)N[C@H](C(=O)CC)C(C)(C)C. The van der Waals surface area contributed by atoms with Crippen molar-refractivity contribution in [1.82, 2.24) is 31.9 Å². The summed E-state index contributed by atoms with van der Waals surface area (Å²) in [7, 11) is 0. The average molecular weight is 841 g/mol. The molecule has 0 spiro atoms. The summed E-state index contributed by atoms with van der Waals surface area (Å²) in [4.78, 5) is 116. The third kappa shape index (κ3) is 17.2. The Morgan fingerprint density at radius 3 is 1.38 bits per heavy atom. The van der Waals surface area contributed by atoms with Crippen LogP contribution >= 0.6 is 0 Å². The number of amides is 5. The lowest BCUT2D eigenvalue weighted by Gasteiger charge is -2.32. The molecule has 0 saturated carbocycles. The van der Waals surface area contributed by atoms with Crippen LogP contribution in [0.25, 0.3) is 0 Å². The van der Waals surface area contributed by atoms with Crippen LogP contribution in [-0.2, 0) is 56.0 Å². The molecule has 19 heteroatoms. The van der Waals surface area contributed by atoms with Crippen LogP contribution in [0.3, 0.4) is 0 Å². The van der Waals surface area contributed by atoms with E-state index in [-0.39, 0.29) is 43.8 Å². The normalized spacial score (nSPS) is 14.2. The molecule has 0 radical (unpaired) electrons. The minimum Gasteiger partial charge on any atom is -0.508 e. The van der Waals surface area contributed by atoms with Crippen LogP contribution in [0.1, 0.15) is 77.8 Å². The smallest absolute Gasteiger partial charge is 0.305 e. The van der Waals surface area contributed by atoms with Gasteiger partial charge in [-0.15, -0.1) is 0 Å². The molecule has 2 rings (SSSR count). The van der Waals surface area contributed by atoms with E-state index in [1.165, 1.54) is 24.3 Å². The first-order chi connectivity index (χ1) is 28.1. The topological polar surface area (TPSA) is 307 Å². The summed E-state index contributed by atoms with van der Waals surface area (Å²) in [5, 5.41) is 53.3. The fraction of sp³-hybridized carbons (Fsp3) is 0.488. The van der Waals surface area contributed by atoms with E-state index >= 15 is 0 Å². The Kier molecular flexibility index (Phi) is 19.8. The predicted molar refractivity (Wildman–Crippen MR) is 215 cm³/mol. The van der Waals surface area contributed by atoms with Crippen molar-refractivity contribution in [2.75, 3.05) is 6.54 Å². The maximum Gasteiger partial charge on any atom is 0.305 e. The van der Waals surface area contributed by atoms with Gasteiger partial charge in [0.15, 0.2) is 5.78 Å². The molecular formula is C41H56N6O13. The lowest BCUT2D eigenvalue weighted by Crippen LogP contribution is -2.61. The largest absolute Gasteiger partial charge is 0.508 e. The number of hydrogen-bond donors (Lipinski definition) is 10. The fourth-order valence-electron chi connectivity index (χ4n) is 6.06. The molecule has 0 heterocycles. The minimum atomic E-state index is -1.74. The molecule has 10 N–H and O–H groups in total. The van der Waals surface area contributed by atoms with E-state index in [2.05, 4.69) is 31.9 Å². The van der Waals surface area contributed by atoms with Crippen molar-refractivity contribution in [2.45, 2.75) is 116 Å². The number of nitrogens with one attached hydrogen (secondary N) is 6. The van der Waals surface area contributed by atoms with E-state index in [0.29, 0.717) is 11.1 Å². The molecule has 0 aliphatic heterocycles. The number of phenolic OH excluding ortho intramolecular Hbond substituents is 1. The highest BCUT2D eigenvalue weighted by atomic mass is 16.4. The first-order valence-electron chi connectivity index (χ1n) is 19.4. The number of carboxylic acid groups (broad SMARTS) is 3. The van der Waals surface area contributed by atoms with Crippen molar-refractivity contribution in [2.24, 2.45) is 5.41 Å². The van der Waals surface area contributed by atoms with Gasteiger partial charge in [0.2, 0.25) is 29.5 Å². The number of benzene rings is 2. The number of Topliss-reactive ketones (excluding diaryl/α,β-unsaturated/α-hetero) is 1. The highest BCUT2D eigenvalue weighted by Crippen LogP contribution is 2.21. The summed E-state index contributed by atoms with van der Waals surface area (Å²) in [5.41, 5.74) is 0.139. The number of likely N-dealkylation sites (N-methyl/N-ethyl adjacent to an activating group) is 1. The minimum absolute atomic E-state index is 0.0619. The maximum atomic E-state index is 14.2. The number of aliphatic carboxylic acids is 3. The molecule has 5 amide bonds. The van der Waals surface area contributed by atoms with Crippen LogP contribution in [0.5, 0.6) is 5.75 Å². The molecule has 0 saturated heterocycles. The van der Waals surface area contributed by atoms with Gasteiger partial charge in [-0.05, 0) is 41.6 Å². The van der Waals surface area contributed by atoms with Gasteiger partial charge in [-0.3, -0.25) is 43.2 Å². The van der Waals surface area contributed by atoms with Gasteiger partial charge in [0.25, 0.3) is 0 Å². The van der Waals surface area contributed by atoms with Gasteiger partial charge in [-0.1, -0.05) is 77.1 Å². The zero-order valence-corrected chi connectivity index (χ0v) is 34.3. The highest BCUT2D eigenvalue weighted by Gasteiger charge is 2.37. The van der Waals surface area contributed by atoms with Crippen LogP contribution < -0.4 is 31.9 Å². The first-order valence-corrected chi connectivity index (χ1v) is 19.4. The van der Waals surface area contributed by atoms with E-state index in [4.69, 9.17) is 5.11 Å². The standard InChI is InChI=1S/C41H56N6O13/c1-6-31(49)35(41(3,4)5)47-40(60)30(22-34(54)55)46-38(58)28(20-24-13-15-25(48)16-14-24)43-37(57)27(19-23-11-9-8-10-12-23)44-39(59)29(21-33(52)53)45-36(56)26(42-7-2)17-18-32(50)51/h8-16,26-30,35,42,48H,6-7,17-22H2,1-5H3,(H,43,57)(H,44,59)(H,45,56)(H,46,58)(H,47,60)(H,50,51)(H,52,53)(H,54,55)/t26-,27-,28-,29-,30-,35+/m0/s1. The summed E-state index contributed by atoms with van der Waals surface area (Å²) in [5.74, 6) is -9.49. The maximum absolute atomic E-state index is 14.2. The molecule has 0 fully saturated rings. The predicted octanol–water partition coefficient (Wildman–Crippen LogP) is 0.419. The summed E-state index contributed by atoms with van der Waals surface area (Å²) >= 11 is 0. The number of carboxylic acids is 3. The zero-order chi connectivity index (χ0) is 45.2. The van der Waals surface area contributed by atoms with Crippen molar-refractivity contribution in [3.05, 3.63) is 65.7 Å². The average Bonchev–Trinajstić information content (AvgIpc) is 3.17. The Balaban J connectivity index is 2.52. The number of carbonyl (C=O) groups is 9. The highest BCUT2D eigenvalue weighted by molar-refractivity contribution is 5.98. The number of ketones is 1. The molecule has 0 aliphatic carbocycles. The second-order valence-corrected chi connectivity index (χ2v) is 15.2. The van der Waals surface area contributed by atoms with Crippen LogP contribution in [0.2, 0.25) is 0 Å². The van der Waals surface area contributed by atoms with Crippen LogP contribution in [-0.4, -0.2) is 116 Å². The van der Waals surface area contributed by atoms with E-state index in [1.807, 2.05) is 0 Å². The Morgan fingerprint density at radius 1 is 0.550 bits per heavy atom. The molecule has 0 unspecified atom stereocenters. The molecule has 0 aromatic heterocycles. The van der Waals surface area contributed by atoms with Crippen molar-refractivity contribution < 1.29 is 63.6 Å². The van der Waals surface area contributed by atoms with Crippen molar-refractivity contribution in [3.63, 3.8) is 0 Å². The first kappa shape index (κ1) is 49.8. The van der Waals surface area contributed by atoms with E-state index < -0.39 is 108 Å². The van der Waals surface area contributed by atoms with Gasteiger partial charge < -0.3 is 52.3 Å². The van der Waals surface area contributed by atoms with Crippen molar-refractivity contribution in [3.8, 4) is 5.75 Å². The molecule has 60 heavy (non-hydrogen) atoms. The molecule has 0 bridgehead atoms.